The number of aromatic nitrogens is 1. The molecule has 2 aromatic rings. The zero-order valence-corrected chi connectivity index (χ0v) is 11.0. The van der Waals surface area contributed by atoms with E-state index in [1.807, 2.05) is 24.3 Å². The van der Waals surface area contributed by atoms with Crippen molar-refractivity contribution in [2.75, 3.05) is 5.75 Å². The molecule has 94 valence electrons. The lowest BCUT2D eigenvalue weighted by molar-refractivity contribution is 0.488. The number of hydrogen-bond donors (Lipinski definition) is 1. The molecule has 0 aliphatic rings. The van der Waals surface area contributed by atoms with Crippen LogP contribution in [0.5, 0.6) is 0 Å². The first kappa shape index (κ1) is 12.9. The molecule has 0 radical (unpaired) electrons. The molecular weight excluding hydrogens is 246 g/mol. The van der Waals surface area contributed by atoms with Crippen molar-refractivity contribution in [3.05, 3.63) is 24.3 Å². The third kappa shape index (κ3) is 3.25. The van der Waals surface area contributed by atoms with E-state index in [0.29, 0.717) is 11.6 Å². The molecule has 5 heteroatoms. The molecule has 0 aliphatic carbocycles. The monoisotopic (exact) mass is 261 g/mol. The summed E-state index contributed by atoms with van der Waals surface area (Å²) in [5.74, 6) is 0.849. The molecule has 0 fully saturated rings. The number of para-hydroxylation sites is 2. The van der Waals surface area contributed by atoms with Gasteiger partial charge in [0.2, 0.25) is 0 Å². The van der Waals surface area contributed by atoms with E-state index >= 15 is 0 Å². The number of oxazole rings is 1. The van der Waals surface area contributed by atoms with Crippen molar-refractivity contribution in [1.82, 2.24) is 4.98 Å². The minimum absolute atomic E-state index is 0.673. The fraction of sp³-hybridized carbons (Fsp3) is 0.385. The molecule has 1 aromatic heterocycles. The Bertz CT molecular complexity index is 538. The minimum Gasteiger partial charge on any atom is -0.431 e. The smallest absolute Gasteiger partial charge is 0.256 e. The van der Waals surface area contributed by atoms with Gasteiger partial charge in [0.25, 0.3) is 5.22 Å². The van der Waals surface area contributed by atoms with E-state index in [9.17, 15) is 0 Å². The van der Waals surface area contributed by atoms with E-state index in [1.54, 1.807) is 18.7 Å². The number of benzene rings is 1. The van der Waals surface area contributed by atoms with Crippen molar-refractivity contribution in [2.45, 2.75) is 30.5 Å². The Morgan fingerprint density at radius 1 is 1.50 bits per heavy atom. The first-order valence-corrected chi connectivity index (χ1v) is 6.78. The number of hydrogen-bond acceptors (Lipinski definition) is 5. The molecule has 4 nitrogen and oxygen atoms in total. The predicted octanol–water partition coefficient (Wildman–Crippen LogP) is 2.94. The van der Waals surface area contributed by atoms with Gasteiger partial charge in [-0.25, -0.2) is 4.98 Å². The van der Waals surface area contributed by atoms with Crippen molar-refractivity contribution in [3.63, 3.8) is 0 Å². The van der Waals surface area contributed by atoms with Gasteiger partial charge >= 0.3 is 0 Å². The Labute approximate surface area is 110 Å². The van der Waals surface area contributed by atoms with Crippen LogP contribution in [0, 0.1) is 11.3 Å². The Hall–Kier alpha value is -1.51. The van der Waals surface area contributed by atoms with Crippen molar-refractivity contribution in [2.24, 2.45) is 5.73 Å². The standard InChI is InChI=1S/C13H15N3OS/c1-13(15,9-14)7-4-8-18-12-16-10-5-2-3-6-11(10)17-12/h2-3,5-6H,4,7-8,15H2,1H3/t13-/m1/s1. The van der Waals surface area contributed by atoms with Gasteiger partial charge in [0.1, 0.15) is 11.1 Å². The Kier molecular flexibility index (Phi) is 3.90. The quantitative estimate of drug-likeness (QED) is 0.661. The summed E-state index contributed by atoms with van der Waals surface area (Å²) in [5.41, 5.74) is 6.69. The summed E-state index contributed by atoms with van der Waals surface area (Å²) in [6, 6.07) is 9.78. The van der Waals surface area contributed by atoms with Gasteiger partial charge in [0, 0.05) is 5.75 Å². The molecule has 1 heterocycles. The van der Waals surface area contributed by atoms with Crippen LogP contribution in [0.1, 0.15) is 19.8 Å². The van der Waals surface area contributed by atoms with Crippen LogP contribution >= 0.6 is 11.8 Å². The second kappa shape index (κ2) is 5.42. The van der Waals surface area contributed by atoms with Crippen LogP contribution in [0.15, 0.2) is 33.9 Å². The second-order valence-corrected chi connectivity index (χ2v) is 5.47. The summed E-state index contributed by atoms with van der Waals surface area (Å²) in [6.07, 6.45) is 1.54. The van der Waals surface area contributed by atoms with E-state index in [1.165, 1.54) is 0 Å². The van der Waals surface area contributed by atoms with Crippen LogP contribution in [-0.2, 0) is 0 Å². The largest absolute Gasteiger partial charge is 0.431 e. The number of fused-ring (bicyclic) bond motifs is 1. The first-order valence-electron chi connectivity index (χ1n) is 5.79. The number of nitrogens with zero attached hydrogens (tertiary/aromatic N) is 2. The summed E-state index contributed by atoms with van der Waals surface area (Å²) < 4.78 is 5.58. The molecule has 1 atom stereocenters. The second-order valence-electron chi connectivity index (χ2n) is 4.43. The summed E-state index contributed by atoms with van der Waals surface area (Å²) in [4.78, 5) is 4.37. The van der Waals surface area contributed by atoms with Gasteiger partial charge in [-0.3, -0.25) is 0 Å². The van der Waals surface area contributed by atoms with Gasteiger partial charge in [-0.2, -0.15) is 5.26 Å². The van der Waals surface area contributed by atoms with Gasteiger partial charge < -0.3 is 10.2 Å². The highest BCUT2D eigenvalue weighted by Gasteiger charge is 2.16. The van der Waals surface area contributed by atoms with E-state index in [2.05, 4.69) is 11.1 Å². The number of rotatable bonds is 5. The van der Waals surface area contributed by atoms with Crippen molar-refractivity contribution >= 4 is 22.9 Å². The van der Waals surface area contributed by atoms with Gasteiger partial charge in [-0.1, -0.05) is 23.9 Å². The summed E-state index contributed by atoms with van der Waals surface area (Å²) in [6.45, 7) is 1.75. The Morgan fingerprint density at radius 3 is 3.00 bits per heavy atom. The molecule has 2 N–H and O–H groups in total. The van der Waals surface area contributed by atoms with Gasteiger partial charge in [-0.15, -0.1) is 0 Å². The zero-order valence-electron chi connectivity index (χ0n) is 10.2. The number of nitriles is 1. The zero-order chi connectivity index (χ0) is 13.0. The highest BCUT2D eigenvalue weighted by atomic mass is 32.2. The molecule has 2 rings (SSSR count). The fourth-order valence-corrected chi connectivity index (χ4v) is 2.34. The molecule has 0 aliphatic heterocycles. The average Bonchev–Trinajstić information content (AvgIpc) is 2.77. The molecule has 0 bridgehead atoms. The SMILES string of the molecule is C[C@](N)(C#N)CCCSc1nc2ccccc2o1. The normalized spacial score (nSPS) is 14.3. The van der Waals surface area contributed by atoms with Crippen LogP contribution in [-0.4, -0.2) is 16.3 Å². The minimum atomic E-state index is -0.734. The highest BCUT2D eigenvalue weighted by Crippen LogP contribution is 2.24. The average molecular weight is 261 g/mol. The molecule has 1 aromatic carbocycles. The van der Waals surface area contributed by atoms with Crippen LogP contribution in [0.3, 0.4) is 0 Å². The van der Waals surface area contributed by atoms with Crippen LogP contribution < -0.4 is 5.73 Å². The maximum absolute atomic E-state index is 8.79. The van der Waals surface area contributed by atoms with Crippen LogP contribution in [0.2, 0.25) is 0 Å². The number of thioether (sulfide) groups is 1. The van der Waals surface area contributed by atoms with E-state index in [4.69, 9.17) is 15.4 Å². The maximum atomic E-state index is 8.79. The first-order chi connectivity index (χ1) is 8.61. The third-order valence-electron chi connectivity index (χ3n) is 2.60. The number of nitrogens with two attached hydrogens (primary N) is 1. The lowest BCUT2D eigenvalue weighted by Gasteiger charge is -2.13. The van der Waals surface area contributed by atoms with Gasteiger partial charge in [0.05, 0.1) is 6.07 Å². The summed E-state index contributed by atoms with van der Waals surface area (Å²) >= 11 is 1.55. The molecular formula is C13H15N3OS. The lowest BCUT2D eigenvalue weighted by atomic mass is 10.0. The Balaban J connectivity index is 1.86. The third-order valence-corrected chi connectivity index (χ3v) is 3.51. The summed E-state index contributed by atoms with van der Waals surface area (Å²) in [5, 5.41) is 9.47. The van der Waals surface area contributed by atoms with Gasteiger partial charge in [-0.05, 0) is 31.9 Å². The topological polar surface area (TPSA) is 75.8 Å². The molecule has 0 amide bonds. The molecule has 0 saturated heterocycles. The predicted molar refractivity (Wildman–Crippen MR) is 72.2 cm³/mol. The lowest BCUT2D eigenvalue weighted by Crippen LogP contribution is -2.33. The van der Waals surface area contributed by atoms with E-state index in [0.717, 1.165) is 23.3 Å². The van der Waals surface area contributed by atoms with Crippen molar-refractivity contribution in [3.8, 4) is 6.07 Å². The van der Waals surface area contributed by atoms with Crippen molar-refractivity contribution < 1.29 is 4.42 Å². The van der Waals surface area contributed by atoms with Gasteiger partial charge in [0.15, 0.2) is 5.58 Å². The van der Waals surface area contributed by atoms with Crippen LogP contribution in [0.4, 0.5) is 0 Å². The van der Waals surface area contributed by atoms with Crippen LogP contribution in [0.25, 0.3) is 11.1 Å². The van der Waals surface area contributed by atoms with Crippen molar-refractivity contribution in [1.29, 1.82) is 5.26 Å². The molecule has 0 saturated carbocycles. The Morgan fingerprint density at radius 2 is 2.28 bits per heavy atom. The maximum Gasteiger partial charge on any atom is 0.256 e. The molecule has 0 spiro atoms. The highest BCUT2D eigenvalue weighted by molar-refractivity contribution is 7.99. The fourth-order valence-electron chi connectivity index (χ4n) is 1.57. The van der Waals surface area contributed by atoms with E-state index < -0.39 is 5.54 Å². The molecule has 18 heavy (non-hydrogen) atoms. The summed E-state index contributed by atoms with van der Waals surface area (Å²) in [7, 11) is 0. The van der Waals surface area contributed by atoms with E-state index in [-0.39, 0.29) is 0 Å². The molecule has 0 unspecified atom stereocenters.